The molecule has 1 fully saturated rings. The zero-order chi connectivity index (χ0) is 10.9. The molecule has 0 unspecified atom stereocenters. The van der Waals surface area contributed by atoms with Gasteiger partial charge in [0.1, 0.15) is 5.54 Å². The number of hydrogen-bond acceptors (Lipinski definition) is 4. The van der Waals surface area contributed by atoms with Crippen LogP contribution in [0.5, 0.6) is 0 Å². The maximum absolute atomic E-state index is 12.1. The summed E-state index contributed by atoms with van der Waals surface area (Å²) >= 11 is 1.48. The quantitative estimate of drug-likeness (QED) is 0.680. The average Bonchev–Trinajstić information content (AvgIpc) is 2.27. The van der Waals surface area contributed by atoms with Crippen LogP contribution in [0.25, 0.3) is 0 Å². The standard InChI is InChI=1S/C10H17N3OS/c1-13-10(6-4-3-5-7-10)8(14)11-9(12-13)15-2/h3-7H2,1-2H3,(H,11,12,14). The average molecular weight is 227 g/mol. The maximum atomic E-state index is 12.1. The first-order chi connectivity index (χ1) is 7.19. The van der Waals surface area contributed by atoms with Crippen LogP contribution in [0.2, 0.25) is 0 Å². The topological polar surface area (TPSA) is 44.7 Å². The van der Waals surface area contributed by atoms with Gasteiger partial charge < -0.3 is 5.32 Å². The van der Waals surface area contributed by atoms with Gasteiger partial charge in [0.05, 0.1) is 0 Å². The third-order valence-electron chi connectivity index (χ3n) is 3.38. The third-order valence-corrected chi connectivity index (χ3v) is 3.95. The molecule has 1 aliphatic heterocycles. The number of carbonyl (C=O) groups excluding carboxylic acids is 1. The van der Waals surface area contributed by atoms with E-state index in [-0.39, 0.29) is 11.4 Å². The summed E-state index contributed by atoms with van der Waals surface area (Å²) in [5, 5.41) is 9.88. The number of amidine groups is 1. The van der Waals surface area contributed by atoms with Crippen molar-refractivity contribution < 1.29 is 4.79 Å². The minimum atomic E-state index is -0.364. The van der Waals surface area contributed by atoms with Crippen molar-refractivity contribution in [1.82, 2.24) is 10.3 Å². The van der Waals surface area contributed by atoms with Crippen LogP contribution in [0.1, 0.15) is 32.1 Å². The van der Waals surface area contributed by atoms with Gasteiger partial charge in [-0.2, -0.15) is 5.10 Å². The van der Waals surface area contributed by atoms with Crippen molar-refractivity contribution in [2.75, 3.05) is 13.3 Å². The van der Waals surface area contributed by atoms with Crippen molar-refractivity contribution in [3.05, 3.63) is 0 Å². The minimum Gasteiger partial charge on any atom is -0.302 e. The zero-order valence-corrected chi connectivity index (χ0v) is 10.1. The summed E-state index contributed by atoms with van der Waals surface area (Å²) in [6.07, 6.45) is 7.28. The van der Waals surface area contributed by atoms with E-state index in [0.717, 1.165) is 25.7 Å². The van der Waals surface area contributed by atoms with Crippen molar-refractivity contribution >= 4 is 22.8 Å². The Labute approximate surface area is 94.5 Å². The number of nitrogens with one attached hydrogen (secondary N) is 1. The number of rotatable bonds is 0. The Bertz CT molecular complexity index is 297. The van der Waals surface area contributed by atoms with Crippen molar-refractivity contribution in [1.29, 1.82) is 0 Å². The summed E-state index contributed by atoms with van der Waals surface area (Å²) in [6, 6.07) is 0. The van der Waals surface area contributed by atoms with Gasteiger partial charge in [-0.15, -0.1) is 0 Å². The van der Waals surface area contributed by atoms with Crippen LogP contribution in [0.4, 0.5) is 0 Å². The molecular formula is C10H17N3OS. The van der Waals surface area contributed by atoms with E-state index in [2.05, 4.69) is 10.4 Å². The highest BCUT2D eigenvalue weighted by Gasteiger charge is 2.45. The lowest BCUT2D eigenvalue weighted by Crippen LogP contribution is -2.61. The molecule has 0 bridgehead atoms. The minimum absolute atomic E-state index is 0.129. The third kappa shape index (κ3) is 1.73. The van der Waals surface area contributed by atoms with Crippen molar-refractivity contribution in [3.63, 3.8) is 0 Å². The first-order valence-electron chi connectivity index (χ1n) is 5.37. The number of carbonyl (C=O) groups is 1. The molecule has 1 heterocycles. The SMILES string of the molecule is CSC1=NN(C)C2(CCCCC2)C(=O)N1. The first kappa shape index (κ1) is 10.8. The fourth-order valence-electron chi connectivity index (χ4n) is 2.40. The van der Waals surface area contributed by atoms with Crippen LogP contribution in [-0.2, 0) is 4.79 Å². The van der Waals surface area contributed by atoms with Crippen LogP contribution in [0.15, 0.2) is 5.10 Å². The van der Waals surface area contributed by atoms with Crippen LogP contribution in [0, 0.1) is 0 Å². The summed E-state index contributed by atoms with van der Waals surface area (Å²) in [5.41, 5.74) is -0.364. The molecule has 0 aromatic rings. The van der Waals surface area contributed by atoms with Gasteiger partial charge in [0.25, 0.3) is 5.91 Å². The molecule has 1 spiro atoms. The highest BCUT2D eigenvalue weighted by Crippen LogP contribution is 2.35. The van der Waals surface area contributed by atoms with Gasteiger partial charge in [-0.05, 0) is 19.1 Å². The van der Waals surface area contributed by atoms with E-state index in [4.69, 9.17) is 0 Å². The molecule has 4 nitrogen and oxygen atoms in total. The second kappa shape index (κ2) is 4.04. The van der Waals surface area contributed by atoms with Gasteiger partial charge in [0.2, 0.25) is 0 Å². The Morgan fingerprint density at radius 1 is 1.40 bits per heavy atom. The number of likely N-dealkylation sites (N-methyl/N-ethyl adjacent to an activating group) is 1. The fraction of sp³-hybridized carbons (Fsp3) is 0.800. The molecule has 1 aliphatic carbocycles. The molecule has 1 saturated carbocycles. The van der Waals surface area contributed by atoms with E-state index in [9.17, 15) is 4.79 Å². The van der Waals surface area contributed by atoms with Crippen LogP contribution < -0.4 is 5.32 Å². The second-order valence-electron chi connectivity index (χ2n) is 4.18. The predicted molar refractivity (Wildman–Crippen MR) is 62.7 cm³/mol. The smallest absolute Gasteiger partial charge is 0.253 e. The van der Waals surface area contributed by atoms with E-state index in [1.807, 2.05) is 18.3 Å². The van der Waals surface area contributed by atoms with E-state index < -0.39 is 0 Å². The molecule has 0 aromatic heterocycles. The Morgan fingerprint density at radius 3 is 2.60 bits per heavy atom. The number of hydrazone groups is 1. The van der Waals surface area contributed by atoms with E-state index in [0.29, 0.717) is 5.17 Å². The first-order valence-corrected chi connectivity index (χ1v) is 6.59. The van der Waals surface area contributed by atoms with Gasteiger partial charge in [0, 0.05) is 7.05 Å². The number of nitrogens with zero attached hydrogens (tertiary/aromatic N) is 2. The summed E-state index contributed by atoms with van der Waals surface area (Å²) in [6.45, 7) is 0. The highest BCUT2D eigenvalue weighted by molar-refractivity contribution is 8.13. The molecule has 1 amide bonds. The molecule has 15 heavy (non-hydrogen) atoms. The zero-order valence-electron chi connectivity index (χ0n) is 9.25. The Hall–Kier alpha value is -0.710. The summed E-state index contributed by atoms with van der Waals surface area (Å²) < 4.78 is 0. The Morgan fingerprint density at radius 2 is 2.07 bits per heavy atom. The molecule has 0 atom stereocenters. The summed E-state index contributed by atoms with van der Waals surface area (Å²) in [5.74, 6) is 0.129. The van der Waals surface area contributed by atoms with Gasteiger partial charge in [-0.25, -0.2) is 0 Å². The van der Waals surface area contributed by atoms with Crippen molar-refractivity contribution in [3.8, 4) is 0 Å². The molecule has 1 N–H and O–H groups in total. The Balaban J connectivity index is 2.25. The molecule has 5 heteroatoms. The molecule has 2 aliphatic rings. The van der Waals surface area contributed by atoms with Crippen molar-refractivity contribution in [2.24, 2.45) is 5.10 Å². The van der Waals surface area contributed by atoms with Crippen LogP contribution >= 0.6 is 11.8 Å². The Kier molecular flexibility index (Phi) is 2.91. The van der Waals surface area contributed by atoms with Crippen LogP contribution in [0.3, 0.4) is 0 Å². The number of thioether (sulfide) groups is 1. The van der Waals surface area contributed by atoms with E-state index in [1.54, 1.807) is 0 Å². The summed E-state index contributed by atoms with van der Waals surface area (Å²) in [4.78, 5) is 12.1. The molecule has 0 aromatic carbocycles. The van der Waals surface area contributed by atoms with Gasteiger partial charge in [0.15, 0.2) is 5.17 Å². The lowest BCUT2D eigenvalue weighted by molar-refractivity contribution is -0.134. The lowest BCUT2D eigenvalue weighted by Gasteiger charge is -2.44. The molecular weight excluding hydrogens is 210 g/mol. The normalized spacial score (nSPS) is 25.1. The number of amides is 1. The molecule has 0 radical (unpaired) electrons. The van der Waals surface area contributed by atoms with Gasteiger partial charge >= 0.3 is 0 Å². The molecule has 2 rings (SSSR count). The largest absolute Gasteiger partial charge is 0.302 e. The lowest BCUT2D eigenvalue weighted by atomic mass is 9.80. The van der Waals surface area contributed by atoms with Gasteiger partial charge in [-0.3, -0.25) is 9.80 Å². The molecule has 0 saturated heterocycles. The second-order valence-corrected chi connectivity index (χ2v) is 4.97. The fourth-order valence-corrected chi connectivity index (χ4v) is 2.80. The van der Waals surface area contributed by atoms with Crippen molar-refractivity contribution in [2.45, 2.75) is 37.6 Å². The van der Waals surface area contributed by atoms with Gasteiger partial charge in [-0.1, -0.05) is 31.0 Å². The number of hydrogen-bond donors (Lipinski definition) is 1. The predicted octanol–water partition coefficient (Wildman–Crippen LogP) is 1.38. The molecule has 84 valence electrons. The highest BCUT2D eigenvalue weighted by atomic mass is 32.2. The van der Waals surface area contributed by atoms with E-state index >= 15 is 0 Å². The monoisotopic (exact) mass is 227 g/mol. The van der Waals surface area contributed by atoms with E-state index in [1.165, 1.54) is 18.2 Å². The van der Waals surface area contributed by atoms with Crippen LogP contribution in [-0.4, -0.2) is 34.9 Å². The summed E-state index contributed by atoms with van der Waals surface area (Å²) in [7, 11) is 1.92. The maximum Gasteiger partial charge on any atom is 0.253 e.